The van der Waals surface area contributed by atoms with Crippen LogP contribution in [0.5, 0.6) is 11.5 Å². The van der Waals surface area contributed by atoms with Gasteiger partial charge in [-0.25, -0.2) is 0 Å². The summed E-state index contributed by atoms with van der Waals surface area (Å²) in [7, 11) is 0. The number of benzene rings is 3. The van der Waals surface area contributed by atoms with E-state index in [9.17, 15) is 9.59 Å². The van der Waals surface area contributed by atoms with E-state index >= 15 is 0 Å². The Morgan fingerprint density at radius 3 is 1.38 bits per heavy atom. The standard InChI is InChI=1S/C24H14Cl4O4/c25-13-3-1-4-14(26)23(13)21-8-17(29)11-7-12-18(30)9-22(32-20(12)10-19(11)31-21)24-15(27)5-2-6-16(24)28/h1-7,10,21-22H,8-9H2/t21-,22+. The van der Waals surface area contributed by atoms with E-state index < -0.39 is 12.2 Å². The maximum atomic E-state index is 12.9. The summed E-state index contributed by atoms with van der Waals surface area (Å²) in [6, 6.07) is 13.3. The van der Waals surface area contributed by atoms with Crippen molar-refractivity contribution in [3.05, 3.63) is 90.9 Å². The summed E-state index contributed by atoms with van der Waals surface area (Å²) in [5.41, 5.74) is 1.75. The molecule has 0 saturated heterocycles. The topological polar surface area (TPSA) is 52.6 Å². The van der Waals surface area contributed by atoms with Crippen LogP contribution >= 0.6 is 46.4 Å². The van der Waals surface area contributed by atoms with E-state index in [1.54, 1.807) is 42.5 Å². The van der Waals surface area contributed by atoms with Crippen LogP contribution in [0.15, 0.2) is 48.5 Å². The number of carbonyl (C=O) groups excluding carboxylic acids is 2. The zero-order valence-electron chi connectivity index (χ0n) is 16.3. The van der Waals surface area contributed by atoms with Gasteiger partial charge in [0.1, 0.15) is 23.7 Å². The molecule has 2 heterocycles. The highest BCUT2D eigenvalue weighted by Crippen LogP contribution is 2.46. The SMILES string of the molecule is O=C1C[C@@H](c2c(Cl)cccc2Cl)Oc2cc3c(cc21)C(=O)C[C@H](c1c(Cl)cccc1Cl)O3. The van der Waals surface area contributed by atoms with Crippen LogP contribution in [0.4, 0.5) is 0 Å². The van der Waals surface area contributed by atoms with Crippen molar-refractivity contribution in [2.75, 3.05) is 0 Å². The molecular formula is C24H14Cl4O4. The number of carbonyl (C=O) groups is 2. The fourth-order valence-corrected chi connectivity index (χ4v) is 5.38. The molecule has 4 nitrogen and oxygen atoms in total. The summed E-state index contributed by atoms with van der Waals surface area (Å²) in [6.45, 7) is 0. The number of fused-ring (bicyclic) bond motifs is 2. The van der Waals surface area contributed by atoms with E-state index in [4.69, 9.17) is 55.9 Å². The van der Waals surface area contributed by atoms with Crippen LogP contribution in [0.3, 0.4) is 0 Å². The van der Waals surface area contributed by atoms with Gasteiger partial charge in [-0.3, -0.25) is 9.59 Å². The molecule has 0 aliphatic carbocycles. The zero-order chi connectivity index (χ0) is 22.6. The maximum Gasteiger partial charge on any atom is 0.170 e. The van der Waals surface area contributed by atoms with Gasteiger partial charge in [-0.1, -0.05) is 58.5 Å². The highest BCUT2D eigenvalue weighted by Gasteiger charge is 2.36. The Balaban J connectivity index is 1.54. The predicted octanol–water partition coefficient (Wildman–Crippen LogP) is 7.71. The van der Waals surface area contributed by atoms with Gasteiger partial charge in [0.05, 0.1) is 24.0 Å². The second-order valence-corrected chi connectivity index (χ2v) is 9.21. The molecule has 3 aromatic carbocycles. The molecule has 0 aromatic heterocycles. The van der Waals surface area contributed by atoms with Crippen molar-refractivity contribution in [3.63, 3.8) is 0 Å². The lowest BCUT2D eigenvalue weighted by Crippen LogP contribution is -2.25. The van der Waals surface area contributed by atoms with Crippen molar-refractivity contribution in [3.8, 4) is 11.5 Å². The van der Waals surface area contributed by atoms with Crippen molar-refractivity contribution in [1.29, 1.82) is 0 Å². The summed E-state index contributed by atoms with van der Waals surface area (Å²) in [5, 5.41) is 1.65. The van der Waals surface area contributed by atoms with Crippen LogP contribution in [0, 0.1) is 0 Å². The Morgan fingerprint density at radius 2 is 1.00 bits per heavy atom. The molecule has 8 heteroatoms. The van der Waals surface area contributed by atoms with Crippen LogP contribution in [0.1, 0.15) is 56.9 Å². The molecule has 0 N–H and O–H groups in total. The molecule has 0 saturated carbocycles. The first-order valence-corrected chi connectivity index (χ1v) is 11.3. The van der Waals surface area contributed by atoms with E-state index in [-0.39, 0.29) is 24.4 Å². The Kier molecular flexibility index (Phi) is 5.58. The number of rotatable bonds is 2. The lowest BCUT2D eigenvalue weighted by Gasteiger charge is -2.31. The third-order valence-corrected chi connectivity index (χ3v) is 6.92. The molecule has 2 atom stereocenters. The molecule has 162 valence electrons. The monoisotopic (exact) mass is 506 g/mol. The van der Waals surface area contributed by atoms with Crippen molar-refractivity contribution in [2.24, 2.45) is 0 Å². The van der Waals surface area contributed by atoms with Crippen molar-refractivity contribution < 1.29 is 19.1 Å². The average Bonchev–Trinajstić information content (AvgIpc) is 2.72. The third-order valence-electron chi connectivity index (χ3n) is 5.61. The number of hydrogen-bond donors (Lipinski definition) is 0. The largest absolute Gasteiger partial charge is 0.484 e. The van der Waals surface area contributed by atoms with Gasteiger partial charge in [0.2, 0.25) is 0 Å². The van der Waals surface area contributed by atoms with Gasteiger partial charge < -0.3 is 9.47 Å². The quantitative estimate of drug-likeness (QED) is 0.356. The number of halogens is 4. The van der Waals surface area contributed by atoms with Crippen LogP contribution < -0.4 is 9.47 Å². The molecule has 0 amide bonds. The summed E-state index contributed by atoms with van der Waals surface area (Å²) in [5.74, 6) is 0.276. The molecule has 0 spiro atoms. The summed E-state index contributed by atoms with van der Waals surface area (Å²) in [4.78, 5) is 25.8. The highest BCUT2D eigenvalue weighted by atomic mass is 35.5. The number of Topliss-reactive ketones (excluding diaryl/α,β-unsaturated/α-hetero) is 2. The van der Waals surface area contributed by atoms with Crippen LogP contribution in [0.25, 0.3) is 0 Å². The molecular weight excluding hydrogens is 494 g/mol. The normalized spacial score (nSPS) is 19.6. The Labute approximate surface area is 203 Å². The molecule has 2 aliphatic rings. The van der Waals surface area contributed by atoms with Crippen molar-refractivity contribution in [1.82, 2.24) is 0 Å². The minimum atomic E-state index is -0.651. The zero-order valence-corrected chi connectivity index (χ0v) is 19.4. The molecule has 32 heavy (non-hydrogen) atoms. The number of hydrogen-bond acceptors (Lipinski definition) is 4. The first kappa shape index (κ1) is 21.6. The summed E-state index contributed by atoms with van der Waals surface area (Å²) >= 11 is 25.3. The van der Waals surface area contributed by atoms with Gasteiger partial charge in [0.25, 0.3) is 0 Å². The van der Waals surface area contributed by atoms with Gasteiger partial charge in [-0.05, 0) is 30.3 Å². The minimum absolute atomic E-state index is 0.0577. The number of ketones is 2. The average molecular weight is 508 g/mol. The molecule has 5 rings (SSSR count). The summed E-state index contributed by atoms with van der Waals surface area (Å²) in [6.07, 6.45) is -1.19. The first-order valence-electron chi connectivity index (χ1n) is 9.79. The molecule has 3 aromatic rings. The minimum Gasteiger partial charge on any atom is -0.484 e. The lowest BCUT2D eigenvalue weighted by atomic mass is 9.91. The smallest absolute Gasteiger partial charge is 0.170 e. The Morgan fingerprint density at radius 1 is 0.625 bits per heavy atom. The van der Waals surface area contributed by atoms with Gasteiger partial charge in [0.15, 0.2) is 11.6 Å². The van der Waals surface area contributed by atoms with Gasteiger partial charge in [-0.2, -0.15) is 0 Å². The molecule has 2 aliphatic heterocycles. The van der Waals surface area contributed by atoms with Crippen LogP contribution in [0.2, 0.25) is 20.1 Å². The van der Waals surface area contributed by atoms with Crippen LogP contribution in [-0.4, -0.2) is 11.6 Å². The van der Waals surface area contributed by atoms with Gasteiger partial charge in [0, 0.05) is 37.3 Å². The van der Waals surface area contributed by atoms with E-state index in [1.165, 1.54) is 6.07 Å². The first-order chi connectivity index (χ1) is 15.3. The second kappa shape index (κ2) is 8.27. The molecule has 0 bridgehead atoms. The van der Waals surface area contributed by atoms with E-state index in [0.29, 0.717) is 53.8 Å². The van der Waals surface area contributed by atoms with E-state index in [1.807, 2.05) is 0 Å². The van der Waals surface area contributed by atoms with Crippen molar-refractivity contribution >= 4 is 58.0 Å². The van der Waals surface area contributed by atoms with Crippen molar-refractivity contribution in [2.45, 2.75) is 25.0 Å². The molecule has 0 radical (unpaired) electrons. The fourth-order valence-electron chi connectivity index (χ4n) is 4.10. The summed E-state index contributed by atoms with van der Waals surface area (Å²) < 4.78 is 12.2. The maximum absolute atomic E-state index is 12.9. The van der Waals surface area contributed by atoms with E-state index in [0.717, 1.165) is 0 Å². The van der Waals surface area contributed by atoms with Gasteiger partial charge >= 0.3 is 0 Å². The second-order valence-electron chi connectivity index (χ2n) is 7.58. The van der Waals surface area contributed by atoms with Crippen LogP contribution in [-0.2, 0) is 0 Å². The molecule has 0 unspecified atom stereocenters. The lowest BCUT2D eigenvalue weighted by molar-refractivity contribution is 0.0832. The van der Waals surface area contributed by atoms with Gasteiger partial charge in [-0.15, -0.1) is 0 Å². The Hall–Kier alpha value is -2.24. The predicted molar refractivity (Wildman–Crippen MR) is 124 cm³/mol. The highest BCUT2D eigenvalue weighted by molar-refractivity contribution is 6.36. The Bertz CT molecular complexity index is 1150. The number of ether oxygens (including phenoxy) is 2. The fraction of sp³-hybridized carbons (Fsp3) is 0.167. The third kappa shape index (κ3) is 3.65. The van der Waals surface area contributed by atoms with E-state index in [2.05, 4.69) is 0 Å². The molecule has 0 fully saturated rings.